The van der Waals surface area contributed by atoms with E-state index in [0.717, 1.165) is 12.2 Å². The molecule has 0 amide bonds. The van der Waals surface area contributed by atoms with Gasteiger partial charge >= 0.3 is 0 Å². The van der Waals surface area contributed by atoms with Crippen LogP contribution in [0.4, 0.5) is 0 Å². The summed E-state index contributed by atoms with van der Waals surface area (Å²) in [5, 5.41) is 12.3. The summed E-state index contributed by atoms with van der Waals surface area (Å²) in [5.74, 6) is 0.882. The quantitative estimate of drug-likeness (QED) is 0.769. The van der Waals surface area contributed by atoms with Gasteiger partial charge in [-0.3, -0.25) is 0 Å². The second kappa shape index (κ2) is 6.51. The van der Waals surface area contributed by atoms with Crippen LogP contribution in [0.5, 0.6) is 5.75 Å². The van der Waals surface area contributed by atoms with Crippen LogP contribution >= 0.6 is 0 Å². The van der Waals surface area contributed by atoms with Crippen LogP contribution in [0.2, 0.25) is 0 Å². The molecule has 1 aromatic carbocycles. The van der Waals surface area contributed by atoms with Crippen molar-refractivity contribution in [3.63, 3.8) is 0 Å². The van der Waals surface area contributed by atoms with E-state index in [4.69, 9.17) is 9.84 Å². The zero-order valence-corrected chi connectivity index (χ0v) is 10.2. The molecular weight excluding hydrogens is 202 g/mol. The summed E-state index contributed by atoms with van der Waals surface area (Å²) in [6.45, 7) is 4.27. The van der Waals surface area contributed by atoms with E-state index in [1.807, 2.05) is 19.1 Å². The number of methoxy groups -OCH3 is 1. The topological polar surface area (TPSA) is 41.5 Å². The van der Waals surface area contributed by atoms with E-state index in [-0.39, 0.29) is 12.6 Å². The summed E-state index contributed by atoms with van der Waals surface area (Å²) in [7, 11) is 1.67. The van der Waals surface area contributed by atoms with Crippen LogP contribution in [-0.4, -0.2) is 30.9 Å². The molecule has 90 valence electrons. The van der Waals surface area contributed by atoms with Gasteiger partial charge in [-0.2, -0.15) is 0 Å². The lowest BCUT2D eigenvalue weighted by molar-refractivity contribution is 0.242. The Morgan fingerprint density at radius 2 is 1.81 bits per heavy atom. The average molecular weight is 223 g/mol. The summed E-state index contributed by atoms with van der Waals surface area (Å²) in [4.78, 5) is 0. The molecule has 0 saturated carbocycles. The maximum atomic E-state index is 8.94. The highest BCUT2D eigenvalue weighted by molar-refractivity contribution is 5.27. The molecule has 0 heterocycles. The molecule has 0 aliphatic carbocycles. The largest absolute Gasteiger partial charge is 0.497 e. The number of hydrogen-bond acceptors (Lipinski definition) is 3. The number of nitrogens with one attached hydrogen (secondary N) is 1. The SMILES string of the molecule is COc1ccc(CC(C)NC(C)CO)cc1. The van der Waals surface area contributed by atoms with Crippen molar-refractivity contribution in [2.75, 3.05) is 13.7 Å². The van der Waals surface area contributed by atoms with E-state index in [1.54, 1.807) is 7.11 Å². The molecule has 3 heteroatoms. The van der Waals surface area contributed by atoms with E-state index in [0.29, 0.717) is 6.04 Å². The maximum Gasteiger partial charge on any atom is 0.118 e. The highest BCUT2D eigenvalue weighted by Crippen LogP contribution is 2.12. The summed E-state index contributed by atoms with van der Waals surface area (Å²) >= 11 is 0. The fourth-order valence-electron chi connectivity index (χ4n) is 1.71. The number of aliphatic hydroxyl groups is 1. The second-order valence-electron chi connectivity index (χ2n) is 4.20. The fourth-order valence-corrected chi connectivity index (χ4v) is 1.71. The zero-order chi connectivity index (χ0) is 12.0. The monoisotopic (exact) mass is 223 g/mol. The van der Waals surface area contributed by atoms with Crippen LogP contribution in [-0.2, 0) is 6.42 Å². The molecule has 0 aliphatic heterocycles. The van der Waals surface area contributed by atoms with Gasteiger partial charge in [-0.05, 0) is 38.0 Å². The van der Waals surface area contributed by atoms with Gasteiger partial charge in [0, 0.05) is 12.1 Å². The van der Waals surface area contributed by atoms with Gasteiger partial charge in [-0.15, -0.1) is 0 Å². The lowest BCUT2D eigenvalue weighted by Crippen LogP contribution is -2.37. The Balaban J connectivity index is 2.46. The van der Waals surface area contributed by atoms with E-state index >= 15 is 0 Å². The molecular formula is C13H21NO2. The van der Waals surface area contributed by atoms with Gasteiger partial charge in [0.05, 0.1) is 13.7 Å². The minimum atomic E-state index is 0.147. The Morgan fingerprint density at radius 3 is 2.31 bits per heavy atom. The highest BCUT2D eigenvalue weighted by Gasteiger charge is 2.07. The molecule has 3 nitrogen and oxygen atoms in total. The van der Waals surface area contributed by atoms with E-state index in [1.165, 1.54) is 5.56 Å². The third kappa shape index (κ3) is 4.21. The van der Waals surface area contributed by atoms with Gasteiger partial charge in [-0.25, -0.2) is 0 Å². The molecule has 2 atom stereocenters. The first-order valence-corrected chi connectivity index (χ1v) is 5.65. The van der Waals surface area contributed by atoms with Crippen LogP contribution < -0.4 is 10.1 Å². The van der Waals surface area contributed by atoms with Crippen molar-refractivity contribution in [1.82, 2.24) is 5.32 Å². The van der Waals surface area contributed by atoms with Gasteiger partial charge < -0.3 is 15.2 Å². The van der Waals surface area contributed by atoms with Crippen LogP contribution in [0.3, 0.4) is 0 Å². The summed E-state index contributed by atoms with van der Waals surface area (Å²) in [6.07, 6.45) is 0.953. The number of ether oxygens (including phenoxy) is 1. The van der Waals surface area contributed by atoms with Crippen molar-refractivity contribution >= 4 is 0 Å². The summed E-state index contributed by atoms with van der Waals surface area (Å²) < 4.78 is 5.11. The summed E-state index contributed by atoms with van der Waals surface area (Å²) in [6, 6.07) is 8.58. The molecule has 0 spiro atoms. The minimum absolute atomic E-state index is 0.147. The Hall–Kier alpha value is -1.06. The third-order valence-corrected chi connectivity index (χ3v) is 2.54. The van der Waals surface area contributed by atoms with Crippen LogP contribution in [0, 0.1) is 0 Å². The molecule has 0 bridgehead atoms. The molecule has 1 aromatic rings. The van der Waals surface area contributed by atoms with Crippen LogP contribution in [0.25, 0.3) is 0 Å². The zero-order valence-electron chi connectivity index (χ0n) is 10.2. The number of benzene rings is 1. The fraction of sp³-hybridized carbons (Fsp3) is 0.538. The first kappa shape index (κ1) is 13.0. The molecule has 16 heavy (non-hydrogen) atoms. The van der Waals surface area contributed by atoms with Gasteiger partial charge in [0.1, 0.15) is 5.75 Å². The average Bonchev–Trinajstić information content (AvgIpc) is 2.29. The molecule has 0 aliphatic rings. The first-order chi connectivity index (χ1) is 7.65. The molecule has 0 fully saturated rings. The van der Waals surface area contributed by atoms with Gasteiger partial charge in [-0.1, -0.05) is 12.1 Å². The predicted octanol–water partition coefficient (Wildman–Crippen LogP) is 1.60. The highest BCUT2D eigenvalue weighted by atomic mass is 16.5. The van der Waals surface area contributed by atoms with Crippen molar-refractivity contribution < 1.29 is 9.84 Å². The first-order valence-electron chi connectivity index (χ1n) is 5.65. The van der Waals surface area contributed by atoms with E-state index in [2.05, 4.69) is 24.4 Å². The molecule has 1 rings (SSSR count). The van der Waals surface area contributed by atoms with Crippen molar-refractivity contribution in [1.29, 1.82) is 0 Å². The lowest BCUT2D eigenvalue weighted by atomic mass is 10.1. The van der Waals surface area contributed by atoms with Gasteiger partial charge in [0.2, 0.25) is 0 Å². The Kier molecular flexibility index (Phi) is 5.29. The van der Waals surface area contributed by atoms with Crippen molar-refractivity contribution in [2.24, 2.45) is 0 Å². The van der Waals surface area contributed by atoms with Gasteiger partial charge in [0.15, 0.2) is 0 Å². The third-order valence-electron chi connectivity index (χ3n) is 2.54. The maximum absolute atomic E-state index is 8.94. The standard InChI is InChI=1S/C13H21NO2/c1-10(14-11(2)9-15)8-12-4-6-13(16-3)7-5-12/h4-7,10-11,14-15H,8-9H2,1-3H3. The van der Waals surface area contributed by atoms with Crippen molar-refractivity contribution in [2.45, 2.75) is 32.4 Å². The normalized spacial score (nSPS) is 14.5. The van der Waals surface area contributed by atoms with Gasteiger partial charge in [0.25, 0.3) is 0 Å². The molecule has 0 aromatic heterocycles. The number of aliphatic hydroxyl groups excluding tert-OH is 1. The second-order valence-corrected chi connectivity index (χ2v) is 4.20. The summed E-state index contributed by atoms with van der Waals surface area (Å²) in [5.41, 5.74) is 1.27. The van der Waals surface area contributed by atoms with Crippen LogP contribution in [0.15, 0.2) is 24.3 Å². The number of rotatable bonds is 6. The smallest absolute Gasteiger partial charge is 0.118 e. The van der Waals surface area contributed by atoms with E-state index < -0.39 is 0 Å². The Morgan fingerprint density at radius 1 is 1.19 bits per heavy atom. The predicted molar refractivity (Wildman–Crippen MR) is 65.8 cm³/mol. The Labute approximate surface area is 97.4 Å². The number of hydrogen-bond donors (Lipinski definition) is 2. The van der Waals surface area contributed by atoms with Crippen molar-refractivity contribution in [3.05, 3.63) is 29.8 Å². The van der Waals surface area contributed by atoms with E-state index in [9.17, 15) is 0 Å². The van der Waals surface area contributed by atoms with Crippen molar-refractivity contribution in [3.8, 4) is 5.75 Å². The lowest BCUT2D eigenvalue weighted by Gasteiger charge is -2.18. The molecule has 0 radical (unpaired) electrons. The van der Waals surface area contributed by atoms with Crippen LogP contribution in [0.1, 0.15) is 19.4 Å². The molecule has 0 saturated heterocycles. The minimum Gasteiger partial charge on any atom is -0.497 e. The Bertz CT molecular complexity index is 297. The molecule has 2 N–H and O–H groups in total. The molecule has 2 unspecified atom stereocenters.